The van der Waals surface area contributed by atoms with Crippen molar-refractivity contribution in [2.45, 2.75) is 62.6 Å². The summed E-state index contributed by atoms with van der Waals surface area (Å²) < 4.78 is 18.2. The number of aliphatic hydroxyl groups is 1. The molecule has 0 aromatic heterocycles. The number of amides is 3. The molecule has 7 atom stereocenters. The lowest BCUT2D eigenvalue weighted by molar-refractivity contribution is -0.162. The van der Waals surface area contributed by atoms with E-state index in [0.717, 1.165) is 0 Å². The average Bonchev–Trinajstić information content (AvgIpc) is 3.34. The Morgan fingerprint density at radius 1 is 1.12 bits per heavy atom. The van der Waals surface area contributed by atoms with Gasteiger partial charge >= 0.3 is 5.97 Å². The van der Waals surface area contributed by atoms with Crippen LogP contribution in [0.15, 0.2) is 54.6 Å². The van der Waals surface area contributed by atoms with Crippen molar-refractivity contribution in [1.82, 2.24) is 15.1 Å². The van der Waals surface area contributed by atoms with Gasteiger partial charge in [0, 0.05) is 32.7 Å². The number of methoxy groups -OCH3 is 1. The summed E-state index contributed by atoms with van der Waals surface area (Å²) in [6, 6.07) is 7.17. The second kappa shape index (κ2) is 12.4. The van der Waals surface area contributed by atoms with Crippen LogP contribution in [0.1, 0.15) is 38.4 Å². The fourth-order valence-electron chi connectivity index (χ4n) is 6.72. The highest BCUT2D eigenvalue weighted by molar-refractivity contribution is 5.99. The van der Waals surface area contributed by atoms with Gasteiger partial charge < -0.3 is 34.4 Å². The van der Waals surface area contributed by atoms with E-state index in [1.807, 2.05) is 38.1 Å². The summed E-state index contributed by atoms with van der Waals surface area (Å²) >= 11 is 0. The number of likely N-dealkylation sites (tertiary alicyclic amines) is 1. The Hall–Kier alpha value is -3.54. The van der Waals surface area contributed by atoms with Crippen LogP contribution in [0.5, 0.6) is 0 Å². The van der Waals surface area contributed by atoms with Crippen molar-refractivity contribution >= 4 is 23.7 Å². The molecular formula is C31H39N3O8. The minimum atomic E-state index is -1.44. The zero-order valence-electron chi connectivity index (χ0n) is 24.2. The summed E-state index contributed by atoms with van der Waals surface area (Å²) in [4.78, 5) is 58.2. The van der Waals surface area contributed by atoms with E-state index in [1.165, 1.54) is 12.0 Å². The molecule has 11 nitrogen and oxygen atoms in total. The van der Waals surface area contributed by atoms with Crippen LogP contribution in [0.25, 0.3) is 0 Å². The van der Waals surface area contributed by atoms with Crippen LogP contribution < -0.4 is 5.32 Å². The number of carbonyl (C=O) groups excluding carboxylic acids is 4. The number of esters is 1. The molecule has 2 saturated heterocycles. The third-order valence-corrected chi connectivity index (χ3v) is 8.55. The van der Waals surface area contributed by atoms with Crippen LogP contribution in [-0.4, -0.2) is 102 Å². The molecule has 4 heterocycles. The molecule has 4 aliphatic heterocycles. The molecule has 0 bridgehead atoms. The third-order valence-electron chi connectivity index (χ3n) is 8.55. The number of hydrogen-bond donors (Lipinski definition) is 2. The number of allylic oxidation sites excluding steroid dienone is 1. The van der Waals surface area contributed by atoms with E-state index in [-0.39, 0.29) is 44.0 Å². The molecule has 4 aliphatic rings. The van der Waals surface area contributed by atoms with E-state index >= 15 is 0 Å². The molecule has 11 heteroatoms. The van der Waals surface area contributed by atoms with Gasteiger partial charge in [-0.2, -0.15) is 0 Å². The molecule has 1 spiro atoms. The molecule has 3 amide bonds. The summed E-state index contributed by atoms with van der Waals surface area (Å²) in [5, 5.41) is 12.8. The van der Waals surface area contributed by atoms with Gasteiger partial charge in [0.1, 0.15) is 23.7 Å². The quantitative estimate of drug-likeness (QED) is 0.377. The van der Waals surface area contributed by atoms with Crippen molar-refractivity contribution in [3.05, 3.63) is 60.2 Å². The van der Waals surface area contributed by atoms with Crippen molar-refractivity contribution < 1.29 is 38.5 Å². The highest BCUT2D eigenvalue weighted by atomic mass is 16.6. The molecule has 0 radical (unpaired) electrons. The number of nitrogens with one attached hydrogen (secondary N) is 1. The lowest BCUT2D eigenvalue weighted by atomic mass is 9.77. The van der Waals surface area contributed by atoms with Crippen LogP contribution >= 0.6 is 0 Å². The fraction of sp³-hybridized carbons (Fsp3) is 0.548. The van der Waals surface area contributed by atoms with Crippen LogP contribution in [0.4, 0.5) is 0 Å². The van der Waals surface area contributed by atoms with Crippen LogP contribution in [0, 0.1) is 11.8 Å². The predicted molar refractivity (Wildman–Crippen MR) is 151 cm³/mol. The first kappa shape index (κ1) is 29.9. The second-order valence-corrected chi connectivity index (χ2v) is 11.4. The monoisotopic (exact) mass is 581 g/mol. The number of fused-ring (bicyclic) bond motifs is 2. The number of ether oxygens (including phenoxy) is 3. The maximum Gasteiger partial charge on any atom is 0.313 e. The Labute approximate surface area is 245 Å². The highest BCUT2D eigenvalue weighted by Crippen LogP contribution is 2.53. The predicted octanol–water partition coefficient (Wildman–Crippen LogP) is 1.13. The maximum atomic E-state index is 14.3. The summed E-state index contributed by atoms with van der Waals surface area (Å²) in [5.41, 5.74) is -0.783. The van der Waals surface area contributed by atoms with E-state index in [2.05, 4.69) is 5.32 Å². The number of benzene rings is 1. The Morgan fingerprint density at radius 3 is 2.57 bits per heavy atom. The average molecular weight is 582 g/mol. The number of aliphatic hydroxyl groups excluding tert-OH is 1. The summed E-state index contributed by atoms with van der Waals surface area (Å²) in [6.45, 7) is 3.77. The van der Waals surface area contributed by atoms with Gasteiger partial charge in [0.2, 0.25) is 17.7 Å². The number of hydrogen-bond acceptors (Lipinski definition) is 8. The molecular weight excluding hydrogens is 542 g/mol. The number of carbonyl (C=O) groups is 4. The first-order valence-electron chi connectivity index (χ1n) is 14.5. The number of cyclic esters (lactones) is 1. The molecule has 0 saturated carbocycles. The van der Waals surface area contributed by atoms with Gasteiger partial charge in [0.05, 0.1) is 31.3 Å². The normalized spacial score (nSPS) is 34.1. The van der Waals surface area contributed by atoms with Gasteiger partial charge in [-0.1, -0.05) is 54.6 Å². The third kappa shape index (κ3) is 5.25. The molecule has 2 fully saturated rings. The zero-order valence-corrected chi connectivity index (χ0v) is 24.2. The molecule has 2 N–H and O–H groups in total. The summed E-state index contributed by atoms with van der Waals surface area (Å²) in [7, 11) is 1.50. The molecule has 0 aliphatic carbocycles. The van der Waals surface area contributed by atoms with E-state index < -0.39 is 53.6 Å². The first-order valence-corrected chi connectivity index (χ1v) is 14.5. The molecule has 42 heavy (non-hydrogen) atoms. The SMILES string of the molecule is COC[C@H]1NC(=O)CC/C=C\[C@H]2O[C@]34C=CCN(C(C)C)C(=O)[C@H]3N(CCO)C(=O)[C@@H]4[C@H]2C(=O)O[C@@H]1c1ccccc1. The minimum Gasteiger partial charge on any atom is -0.455 e. The van der Waals surface area contributed by atoms with E-state index in [9.17, 15) is 24.3 Å². The van der Waals surface area contributed by atoms with Gasteiger partial charge in [-0.05, 0) is 25.8 Å². The lowest BCUT2D eigenvalue weighted by Crippen LogP contribution is -2.56. The fourth-order valence-corrected chi connectivity index (χ4v) is 6.72. The van der Waals surface area contributed by atoms with E-state index in [0.29, 0.717) is 18.5 Å². The zero-order chi connectivity index (χ0) is 30.0. The molecule has 0 unspecified atom stereocenters. The van der Waals surface area contributed by atoms with Crippen LogP contribution in [0.3, 0.4) is 0 Å². The topological polar surface area (TPSA) is 135 Å². The number of β-amino-alcohol motifs (C(OH)–C–C–N with tert-alkyl or cyclic N) is 1. The van der Waals surface area contributed by atoms with Crippen LogP contribution in [-0.2, 0) is 33.4 Å². The first-order chi connectivity index (χ1) is 20.2. The maximum absolute atomic E-state index is 14.3. The van der Waals surface area contributed by atoms with Crippen molar-refractivity contribution in [3.63, 3.8) is 0 Å². The van der Waals surface area contributed by atoms with Gasteiger partial charge in [-0.3, -0.25) is 19.2 Å². The van der Waals surface area contributed by atoms with E-state index in [1.54, 1.807) is 35.3 Å². The number of rotatable bonds is 6. The van der Waals surface area contributed by atoms with Crippen molar-refractivity contribution in [2.24, 2.45) is 11.8 Å². The van der Waals surface area contributed by atoms with Crippen molar-refractivity contribution in [2.75, 3.05) is 33.4 Å². The largest absolute Gasteiger partial charge is 0.455 e. The minimum absolute atomic E-state index is 0.0759. The number of nitrogens with zero attached hydrogens (tertiary/aromatic N) is 2. The lowest BCUT2D eigenvalue weighted by Gasteiger charge is -2.36. The van der Waals surface area contributed by atoms with E-state index in [4.69, 9.17) is 14.2 Å². The van der Waals surface area contributed by atoms with Gasteiger partial charge in [-0.15, -0.1) is 0 Å². The van der Waals surface area contributed by atoms with Crippen molar-refractivity contribution in [1.29, 1.82) is 0 Å². The summed E-state index contributed by atoms with van der Waals surface area (Å²) in [5.74, 6) is -3.78. The Kier molecular flexibility index (Phi) is 8.81. The standard InChI is InChI=1S/C31H39N3O8/c1-19(2)33-15-9-14-31-25(28(37)34(16-17-35)27(31)29(33)38)24-22(42-31)12-7-8-13-23(36)32-21(18-40-3)26(41-30(24)39)20-10-5-4-6-11-20/h4-7,9-12,14,19,21-22,24-27,35H,8,13,15-18H2,1-3H3,(H,32,36)/b12-7-/t21-,22-,24+,25+,26-,27-,31+/m1/s1. The second-order valence-electron chi connectivity index (χ2n) is 11.4. The van der Waals surface area contributed by atoms with Crippen LogP contribution in [0.2, 0.25) is 0 Å². The van der Waals surface area contributed by atoms with Gasteiger partial charge in [-0.25, -0.2) is 0 Å². The van der Waals surface area contributed by atoms with Gasteiger partial charge in [0.15, 0.2) is 0 Å². The molecule has 1 aromatic rings. The Bertz CT molecular complexity index is 1250. The molecule has 5 rings (SSSR count). The van der Waals surface area contributed by atoms with Crippen molar-refractivity contribution in [3.8, 4) is 0 Å². The van der Waals surface area contributed by atoms with Gasteiger partial charge in [0.25, 0.3) is 0 Å². The molecule has 226 valence electrons. The highest BCUT2D eigenvalue weighted by Gasteiger charge is 2.71. The Balaban J connectivity index is 1.61. The smallest absolute Gasteiger partial charge is 0.313 e. The summed E-state index contributed by atoms with van der Waals surface area (Å²) in [6.07, 6.45) is 5.79. The molecule has 1 aromatic carbocycles. The Morgan fingerprint density at radius 2 is 1.88 bits per heavy atom.